The number of amides is 1. The Morgan fingerprint density at radius 2 is 1.89 bits per heavy atom. The fourth-order valence-corrected chi connectivity index (χ4v) is 4.94. The number of primary amides is 1. The fraction of sp³-hybridized carbons (Fsp3) is 0.500. The van der Waals surface area contributed by atoms with Crippen LogP contribution in [0.5, 0.6) is 0 Å². The number of aromatic nitrogens is 1. The maximum absolute atomic E-state index is 15.1. The van der Waals surface area contributed by atoms with Crippen LogP contribution in [0.1, 0.15) is 65.7 Å². The summed E-state index contributed by atoms with van der Waals surface area (Å²) in [7, 11) is 0. The molecule has 4 N–H and O–H groups in total. The van der Waals surface area contributed by atoms with Gasteiger partial charge >= 0.3 is 0 Å². The minimum atomic E-state index is -3.15. The van der Waals surface area contributed by atoms with E-state index in [9.17, 15) is 31.5 Å². The maximum Gasteiger partial charge on any atom is 0.266 e. The van der Waals surface area contributed by atoms with Crippen LogP contribution < -0.4 is 21.9 Å². The molecular weight excluding hydrogens is 490 g/mol. The molecule has 1 saturated heterocycles. The van der Waals surface area contributed by atoms with E-state index >= 15 is 4.39 Å². The highest BCUT2D eigenvalue weighted by Gasteiger charge is 2.55. The summed E-state index contributed by atoms with van der Waals surface area (Å²) >= 11 is 0. The number of anilines is 1. The van der Waals surface area contributed by atoms with Crippen molar-refractivity contribution < 1.29 is 31.1 Å². The number of hydrogen-bond donors (Lipinski definition) is 3. The molecule has 0 spiro atoms. The van der Waals surface area contributed by atoms with Crippen molar-refractivity contribution >= 4 is 11.6 Å². The van der Waals surface area contributed by atoms with Crippen molar-refractivity contribution in [2.45, 2.75) is 62.7 Å². The van der Waals surface area contributed by atoms with Gasteiger partial charge in [0.25, 0.3) is 24.3 Å². The number of carbonyl (C=O) groups excluding carboxylic acids is 1. The Balaban J connectivity index is 1.97. The van der Waals surface area contributed by atoms with E-state index in [1.54, 1.807) is 0 Å². The van der Waals surface area contributed by atoms with Gasteiger partial charge in [0.1, 0.15) is 17.5 Å². The Morgan fingerprint density at radius 3 is 2.44 bits per heavy atom. The van der Waals surface area contributed by atoms with Gasteiger partial charge in [0.15, 0.2) is 0 Å². The minimum Gasteiger partial charge on any atom is -0.378 e. The second kappa shape index (κ2) is 9.79. The number of hydrogen-bond acceptors (Lipinski definition) is 4. The van der Waals surface area contributed by atoms with E-state index in [1.807, 2.05) is 0 Å². The summed E-state index contributed by atoms with van der Waals surface area (Å²) in [6, 6.07) is 3.34. The first-order chi connectivity index (χ1) is 17.0. The molecule has 3 atom stereocenters. The average molecular weight is 516 g/mol. The van der Waals surface area contributed by atoms with Crippen LogP contribution in [-0.4, -0.2) is 42.2 Å². The van der Waals surface area contributed by atoms with E-state index in [2.05, 4.69) is 10.6 Å². The summed E-state index contributed by atoms with van der Waals surface area (Å²) in [6.07, 6.45) is -7.43. The molecule has 196 valence electrons. The van der Waals surface area contributed by atoms with Crippen LogP contribution in [0, 0.1) is 5.82 Å². The molecule has 0 bridgehead atoms. The molecule has 0 unspecified atom stereocenters. The predicted octanol–water partition coefficient (Wildman–Crippen LogP) is 4.04. The van der Waals surface area contributed by atoms with E-state index in [-0.39, 0.29) is 41.9 Å². The van der Waals surface area contributed by atoms with Gasteiger partial charge in [-0.05, 0) is 31.4 Å². The second-order valence-corrected chi connectivity index (χ2v) is 9.29. The molecule has 1 saturated carbocycles. The van der Waals surface area contributed by atoms with E-state index in [4.69, 9.17) is 5.73 Å². The van der Waals surface area contributed by atoms with Crippen LogP contribution >= 0.6 is 0 Å². The molecule has 0 radical (unpaired) electrons. The van der Waals surface area contributed by atoms with Crippen LogP contribution in [0.25, 0.3) is 0 Å². The highest BCUT2D eigenvalue weighted by Crippen LogP contribution is 2.50. The monoisotopic (exact) mass is 516 g/mol. The molecule has 36 heavy (non-hydrogen) atoms. The second-order valence-electron chi connectivity index (χ2n) is 9.29. The first-order valence-electron chi connectivity index (χ1n) is 11.6. The van der Waals surface area contributed by atoms with Gasteiger partial charge in [0, 0.05) is 24.2 Å². The minimum absolute atomic E-state index is 0.0179. The highest BCUT2D eigenvalue weighted by molar-refractivity contribution is 6.00. The summed E-state index contributed by atoms with van der Waals surface area (Å²) in [4.78, 5) is 26.0. The molecule has 2 aromatic rings. The first kappa shape index (κ1) is 26.1. The summed E-state index contributed by atoms with van der Waals surface area (Å²) in [5, 5.41) is 5.67. The summed E-state index contributed by atoms with van der Waals surface area (Å²) in [5.41, 5.74) is 0.659. The molecule has 4 rings (SSSR count). The van der Waals surface area contributed by atoms with Gasteiger partial charge in [-0.2, -0.15) is 0 Å². The molecule has 1 aliphatic carbocycles. The predicted molar refractivity (Wildman–Crippen MR) is 121 cm³/mol. The number of nitrogens with two attached hydrogens (primary N) is 1. The molecule has 6 nitrogen and oxygen atoms in total. The van der Waals surface area contributed by atoms with Gasteiger partial charge in [-0.3, -0.25) is 14.2 Å². The van der Waals surface area contributed by atoms with Crippen molar-refractivity contribution in [3.05, 3.63) is 62.8 Å². The molecular formula is C24H26F6N4O2. The zero-order valence-electron chi connectivity index (χ0n) is 19.3. The van der Waals surface area contributed by atoms with Crippen LogP contribution in [-0.2, 0) is 5.54 Å². The third-order valence-corrected chi connectivity index (χ3v) is 7.03. The van der Waals surface area contributed by atoms with Crippen molar-refractivity contribution in [1.29, 1.82) is 0 Å². The van der Waals surface area contributed by atoms with Crippen LogP contribution in [0.2, 0.25) is 0 Å². The lowest BCUT2D eigenvalue weighted by Crippen LogP contribution is -2.46. The van der Waals surface area contributed by atoms with E-state index < -0.39 is 59.4 Å². The Bertz CT molecular complexity index is 1210. The van der Waals surface area contributed by atoms with E-state index in [1.165, 1.54) is 19.1 Å². The summed E-state index contributed by atoms with van der Waals surface area (Å²) in [6.45, 7) is 1.79. The number of alkyl halides is 5. The molecule has 1 aromatic carbocycles. The number of halogens is 6. The maximum atomic E-state index is 15.1. The standard InChI is InChI=1S/C24H26F6N4O2/c1-11(12-3-2-4-13(19(12)26)21(27)28)20-18(22(31)36)16(33-15-5-8-32-10-14(15)25)9-17(35)34(20)24(6-7-24)23(29)30/h2-4,9,11,14-15,21,23,32-33H,5-8,10H2,1H3,(H2,31,36)/t11-,14+,15-/m1/s1. The molecule has 2 fully saturated rings. The molecule has 1 amide bonds. The topological polar surface area (TPSA) is 89.2 Å². The molecule has 1 aromatic heterocycles. The van der Waals surface area contributed by atoms with Crippen molar-refractivity contribution in [3.8, 4) is 0 Å². The highest BCUT2D eigenvalue weighted by atomic mass is 19.3. The van der Waals surface area contributed by atoms with Crippen LogP contribution in [0.3, 0.4) is 0 Å². The lowest BCUT2D eigenvalue weighted by atomic mass is 9.89. The first-order valence-corrected chi connectivity index (χ1v) is 11.6. The van der Waals surface area contributed by atoms with Gasteiger partial charge in [-0.1, -0.05) is 25.1 Å². The van der Waals surface area contributed by atoms with Crippen molar-refractivity contribution in [3.63, 3.8) is 0 Å². The number of rotatable bonds is 8. The largest absolute Gasteiger partial charge is 0.378 e. The molecule has 1 aliphatic heterocycles. The Kier molecular flexibility index (Phi) is 7.09. The molecule has 2 heterocycles. The van der Waals surface area contributed by atoms with Gasteiger partial charge in [0.2, 0.25) is 0 Å². The lowest BCUT2D eigenvalue weighted by Gasteiger charge is -2.32. The van der Waals surface area contributed by atoms with Crippen molar-refractivity contribution in [2.24, 2.45) is 5.73 Å². The zero-order valence-corrected chi connectivity index (χ0v) is 19.3. The smallest absolute Gasteiger partial charge is 0.266 e. The summed E-state index contributed by atoms with van der Waals surface area (Å²) in [5.74, 6) is -3.70. The molecule has 2 aliphatic rings. The Morgan fingerprint density at radius 1 is 1.22 bits per heavy atom. The Labute approximate surface area is 202 Å². The molecule has 12 heteroatoms. The normalized spacial score (nSPS) is 22.0. The van der Waals surface area contributed by atoms with Gasteiger partial charge in [-0.25, -0.2) is 26.3 Å². The average Bonchev–Trinajstić information content (AvgIpc) is 3.61. The fourth-order valence-electron chi connectivity index (χ4n) is 4.94. The van der Waals surface area contributed by atoms with Crippen LogP contribution in [0.4, 0.5) is 32.0 Å². The zero-order chi connectivity index (χ0) is 26.4. The van der Waals surface area contributed by atoms with E-state index in [0.29, 0.717) is 13.0 Å². The number of nitrogens with zero attached hydrogens (tertiary/aromatic N) is 1. The van der Waals surface area contributed by atoms with Crippen LogP contribution in [0.15, 0.2) is 29.1 Å². The van der Waals surface area contributed by atoms with Gasteiger partial charge in [0.05, 0.1) is 22.9 Å². The Hall–Kier alpha value is -3.02. The van der Waals surface area contributed by atoms with Gasteiger partial charge in [-0.15, -0.1) is 0 Å². The van der Waals surface area contributed by atoms with Crippen molar-refractivity contribution in [1.82, 2.24) is 9.88 Å². The number of pyridine rings is 1. The van der Waals surface area contributed by atoms with Gasteiger partial charge < -0.3 is 16.4 Å². The third kappa shape index (κ3) is 4.46. The number of nitrogens with one attached hydrogen (secondary N) is 2. The lowest BCUT2D eigenvalue weighted by molar-refractivity contribution is 0.0630. The SMILES string of the molecule is C[C@H](c1cccc(C(F)F)c1F)c1c(C(N)=O)c(N[C@@H]2CCNC[C@@H]2F)cc(=O)n1C1(C(F)F)CC1. The number of piperidine rings is 1. The number of benzene rings is 1. The van der Waals surface area contributed by atoms with Crippen molar-refractivity contribution in [2.75, 3.05) is 18.4 Å². The quantitative estimate of drug-likeness (QED) is 0.462. The third-order valence-electron chi connectivity index (χ3n) is 7.03. The van der Waals surface area contributed by atoms with E-state index in [0.717, 1.165) is 16.7 Å². The summed E-state index contributed by atoms with van der Waals surface area (Å²) < 4.78 is 85.5. The number of carbonyl (C=O) groups is 1.